The minimum absolute atomic E-state index is 0.204. The Labute approximate surface area is 102 Å². The molecule has 4 heteroatoms. The third-order valence-electron chi connectivity index (χ3n) is 2.60. The van der Waals surface area contributed by atoms with E-state index in [0.717, 1.165) is 38.2 Å². The summed E-state index contributed by atoms with van der Waals surface area (Å²) in [5.74, 6) is -0.204. The summed E-state index contributed by atoms with van der Waals surface area (Å²) >= 11 is 0. The molecule has 1 aromatic carbocycles. The summed E-state index contributed by atoms with van der Waals surface area (Å²) in [5, 5.41) is 0. The van der Waals surface area contributed by atoms with Gasteiger partial charge in [0.05, 0.1) is 0 Å². The van der Waals surface area contributed by atoms with Gasteiger partial charge < -0.3 is 15.4 Å². The summed E-state index contributed by atoms with van der Waals surface area (Å²) < 4.78 is 17.9. The van der Waals surface area contributed by atoms with Gasteiger partial charge in [0, 0.05) is 32.5 Å². The second-order valence-corrected chi connectivity index (χ2v) is 3.95. The van der Waals surface area contributed by atoms with E-state index < -0.39 is 0 Å². The molecule has 0 unspecified atom stereocenters. The van der Waals surface area contributed by atoms with Crippen LogP contribution >= 0.6 is 0 Å². The third-order valence-corrected chi connectivity index (χ3v) is 2.60. The molecule has 17 heavy (non-hydrogen) atoms. The van der Waals surface area contributed by atoms with Crippen molar-refractivity contribution >= 4 is 5.69 Å². The number of anilines is 1. The Hall–Kier alpha value is -1.13. The molecule has 0 aliphatic rings. The molecule has 0 aliphatic heterocycles. The predicted molar refractivity (Wildman–Crippen MR) is 68.8 cm³/mol. The summed E-state index contributed by atoms with van der Waals surface area (Å²) in [6, 6.07) is 6.58. The molecule has 0 amide bonds. The van der Waals surface area contributed by atoms with Gasteiger partial charge in [0.1, 0.15) is 5.82 Å². The zero-order valence-corrected chi connectivity index (χ0v) is 10.4. The summed E-state index contributed by atoms with van der Waals surface area (Å²) in [5.41, 5.74) is 6.56. The fourth-order valence-electron chi connectivity index (χ4n) is 1.70. The molecule has 2 N–H and O–H groups in total. The molecule has 0 spiro atoms. The van der Waals surface area contributed by atoms with E-state index in [9.17, 15) is 4.39 Å². The molecule has 0 atom stereocenters. The largest absolute Gasteiger partial charge is 0.385 e. The molecule has 0 aliphatic carbocycles. The summed E-state index contributed by atoms with van der Waals surface area (Å²) in [4.78, 5) is 2.21. The first-order chi connectivity index (χ1) is 8.27. The second-order valence-electron chi connectivity index (χ2n) is 3.95. The Morgan fingerprint density at radius 2 is 1.82 bits per heavy atom. The summed E-state index contributed by atoms with van der Waals surface area (Å²) in [6.07, 6.45) is 1.89. The van der Waals surface area contributed by atoms with E-state index in [1.165, 1.54) is 12.1 Å². The SMILES string of the molecule is COCCCN(CCCN)c1ccc(F)cc1. The Morgan fingerprint density at radius 1 is 1.18 bits per heavy atom. The first kappa shape index (κ1) is 13.9. The van der Waals surface area contributed by atoms with Crippen LogP contribution in [0.3, 0.4) is 0 Å². The van der Waals surface area contributed by atoms with Crippen molar-refractivity contribution in [1.82, 2.24) is 0 Å². The highest BCUT2D eigenvalue weighted by Crippen LogP contribution is 2.15. The molecule has 0 radical (unpaired) electrons. The first-order valence-corrected chi connectivity index (χ1v) is 5.97. The predicted octanol–water partition coefficient (Wildman–Crippen LogP) is 2.02. The lowest BCUT2D eigenvalue weighted by atomic mass is 10.2. The topological polar surface area (TPSA) is 38.5 Å². The Balaban J connectivity index is 2.57. The van der Waals surface area contributed by atoms with Crippen LogP contribution in [0.5, 0.6) is 0 Å². The maximum absolute atomic E-state index is 12.9. The lowest BCUT2D eigenvalue weighted by molar-refractivity contribution is 0.196. The van der Waals surface area contributed by atoms with Crippen LogP contribution in [0.2, 0.25) is 0 Å². The van der Waals surface area contributed by atoms with Crippen molar-refractivity contribution in [3.8, 4) is 0 Å². The van der Waals surface area contributed by atoms with Crippen LogP contribution in [0.15, 0.2) is 24.3 Å². The number of benzene rings is 1. The number of hydrogen-bond donors (Lipinski definition) is 1. The van der Waals surface area contributed by atoms with Crippen LogP contribution in [0.4, 0.5) is 10.1 Å². The average Bonchev–Trinajstić information content (AvgIpc) is 2.35. The van der Waals surface area contributed by atoms with Crippen LogP contribution in [-0.4, -0.2) is 33.4 Å². The van der Waals surface area contributed by atoms with E-state index in [1.54, 1.807) is 19.2 Å². The minimum Gasteiger partial charge on any atom is -0.385 e. The van der Waals surface area contributed by atoms with E-state index in [2.05, 4.69) is 4.90 Å². The van der Waals surface area contributed by atoms with E-state index in [-0.39, 0.29) is 5.82 Å². The van der Waals surface area contributed by atoms with Crippen molar-refractivity contribution in [3.05, 3.63) is 30.1 Å². The highest BCUT2D eigenvalue weighted by molar-refractivity contribution is 5.46. The molecule has 0 heterocycles. The average molecular weight is 240 g/mol. The van der Waals surface area contributed by atoms with Gasteiger partial charge in [0.25, 0.3) is 0 Å². The Morgan fingerprint density at radius 3 is 2.41 bits per heavy atom. The van der Waals surface area contributed by atoms with E-state index in [4.69, 9.17) is 10.5 Å². The maximum Gasteiger partial charge on any atom is 0.123 e. The zero-order valence-electron chi connectivity index (χ0n) is 10.4. The van der Waals surface area contributed by atoms with Crippen LogP contribution in [-0.2, 0) is 4.74 Å². The van der Waals surface area contributed by atoms with Gasteiger partial charge in [-0.25, -0.2) is 4.39 Å². The number of methoxy groups -OCH3 is 1. The molecular weight excluding hydrogens is 219 g/mol. The zero-order chi connectivity index (χ0) is 12.5. The standard InChI is InChI=1S/C13H21FN2O/c1-17-11-3-10-16(9-2-8-15)13-6-4-12(14)5-7-13/h4-7H,2-3,8-11,15H2,1H3. The number of hydrogen-bond acceptors (Lipinski definition) is 3. The van der Waals surface area contributed by atoms with Crippen LogP contribution < -0.4 is 10.6 Å². The van der Waals surface area contributed by atoms with Crippen molar-refractivity contribution < 1.29 is 9.13 Å². The molecule has 3 nitrogen and oxygen atoms in total. The first-order valence-electron chi connectivity index (χ1n) is 5.97. The molecule has 0 aromatic heterocycles. The quantitative estimate of drug-likeness (QED) is 0.706. The van der Waals surface area contributed by atoms with Gasteiger partial charge in [-0.3, -0.25) is 0 Å². The van der Waals surface area contributed by atoms with Gasteiger partial charge in [0.2, 0.25) is 0 Å². The van der Waals surface area contributed by atoms with Crippen molar-refractivity contribution in [1.29, 1.82) is 0 Å². The Bertz CT molecular complexity index is 303. The molecule has 0 bridgehead atoms. The third kappa shape index (κ3) is 5.15. The fourth-order valence-corrected chi connectivity index (χ4v) is 1.70. The molecule has 0 saturated carbocycles. The van der Waals surface area contributed by atoms with E-state index in [1.807, 2.05) is 0 Å². The van der Waals surface area contributed by atoms with Crippen LogP contribution in [0.25, 0.3) is 0 Å². The number of nitrogens with zero attached hydrogens (tertiary/aromatic N) is 1. The molecule has 1 aromatic rings. The highest BCUT2D eigenvalue weighted by Gasteiger charge is 2.05. The van der Waals surface area contributed by atoms with Crippen molar-refractivity contribution in [2.75, 3.05) is 38.3 Å². The number of halogens is 1. The monoisotopic (exact) mass is 240 g/mol. The number of ether oxygens (including phenoxy) is 1. The summed E-state index contributed by atoms with van der Waals surface area (Å²) in [6.45, 7) is 3.20. The lowest BCUT2D eigenvalue weighted by Crippen LogP contribution is -2.27. The minimum atomic E-state index is -0.204. The molecule has 0 fully saturated rings. The van der Waals surface area contributed by atoms with Gasteiger partial charge in [-0.15, -0.1) is 0 Å². The fraction of sp³-hybridized carbons (Fsp3) is 0.538. The number of nitrogens with two attached hydrogens (primary N) is 1. The lowest BCUT2D eigenvalue weighted by Gasteiger charge is -2.24. The van der Waals surface area contributed by atoms with Crippen LogP contribution in [0.1, 0.15) is 12.8 Å². The highest BCUT2D eigenvalue weighted by atomic mass is 19.1. The van der Waals surface area contributed by atoms with E-state index in [0.29, 0.717) is 6.54 Å². The van der Waals surface area contributed by atoms with Crippen molar-refractivity contribution in [2.45, 2.75) is 12.8 Å². The van der Waals surface area contributed by atoms with Gasteiger partial charge in [-0.1, -0.05) is 0 Å². The van der Waals surface area contributed by atoms with Gasteiger partial charge in [0.15, 0.2) is 0 Å². The Kier molecular flexibility index (Phi) is 6.58. The number of rotatable bonds is 8. The maximum atomic E-state index is 12.9. The van der Waals surface area contributed by atoms with Crippen molar-refractivity contribution in [3.63, 3.8) is 0 Å². The second kappa shape index (κ2) is 8.03. The van der Waals surface area contributed by atoms with E-state index >= 15 is 0 Å². The normalized spacial score (nSPS) is 10.5. The van der Waals surface area contributed by atoms with Crippen LogP contribution in [0, 0.1) is 5.82 Å². The molecular formula is C13H21FN2O. The molecule has 1 rings (SSSR count). The van der Waals surface area contributed by atoms with Gasteiger partial charge >= 0.3 is 0 Å². The molecule has 0 saturated heterocycles. The van der Waals surface area contributed by atoms with Crippen molar-refractivity contribution in [2.24, 2.45) is 5.73 Å². The van der Waals surface area contributed by atoms with Gasteiger partial charge in [-0.05, 0) is 43.7 Å². The molecule has 96 valence electrons. The smallest absolute Gasteiger partial charge is 0.123 e. The van der Waals surface area contributed by atoms with Gasteiger partial charge in [-0.2, -0.15) is 0 Å². The summed E-state index contributed by atoms with van der Waals surface area (Å²) in [7, 11) is 1.70.